The van der Waals surface area contributed by atoms with Crippen molar-refractivity contribution in [2.45, 2.75) is 63.0 Å². The Balaban J connectivity index is 1.28. The van der Waals surface area contributed by atoms with E-state index in [9.17, 15) is 33.9 Å². The first-order valence-corrected chi connectivity index (χ1v) is 20.4. The van der Waals surface area contributed by atoms with E-state index in [-0.39, 0.29) is 31.8 Å². The van der Waals surface area contributed by atoms with Gasteiger partial charge in [0, 0.05) is 0 Å². The molecule has 0 aliphatic heterocycles. The molecule has 6 rings (SSSR count). The summed E-state index contributed by atoms with van der Waals surface area (Å²) in [4.78, 5) is 82.8. The smallest absolute Gasteiger partial charge is 0.410 e. The summed E-state index contributed by atoms with van der Waals surface area (Å²) in [6.45, 7) is 0.548. The van der Waals surface area contributed by atoms with Crippen LogP contribution in [0.5, 0.6) is 0 Å². The molecule has 1 aliphatic rings. The van der Waals surface area contributed by atoms with Crippen LogP contribution in [0.15, 0.2) is 140 Å². The summed E-state index contributed by atoms with van der Waals surface area (Å²) in [7, 11) is 1.21. The first-order valence-electron chi connectivity index (χ1n) is 20.4. The fourth-order valence-electron chi connectivity index (χ4n) is 7.59. The van der Waals surface area contributed by atoms with Gasteiger partial charge in [-0.15, -0.1) is 0 Å². The van der Waals surface area contributed by atoms with Crippen LogP contribution in [-0.2, 0) is 52.9 Å². The minimum absolute atomic E-state index is 0.0503. The molecule has 0 fully saturated rings. The van der Waals surface area contributed by atoms with Gasteiger partial charge >= 0.3 is 18.0 Å². The van der Waals surface area contributed by atoms with Crippen molar-refractivity contribution >= 4 is 35.5 Å². The highest BCUT2D eigenvalue weighted by Gasteiger charge is 2.43. The number of hydrogen-bond acceptors (Lipinski definition) is 10. The van der Waals surface area contributed by atoms with Gasteiger partial charge < -0.3 is 25.2 Å². The third-order valence-corrected chi connectivity index (χ3v) is 10.8. The third kappa shape index (κ3) is 11.4. The van der Waals surface area contributed by atoms with Gasteiger partial charge in [-0.3, -0.25) is 34.2 Å². The number of methoxy groups -OCH3 is 1. The van der Waals surface area contributed by atoms with E-state index < -0.39 is 72.9 Å². The molecule has 62 heavy (non-hydrogen) atoms. The topological polar surface area (TPSA) is 180 Å². The molecule has 320 valence electrons. The molecule has 0 radical (unpaired) electrons. The normalized spacial score (nSPS) is 13.6. The zero-order valence-corrected chi connectivity index (χ0v) is 34.6. The number of ketones is 2. The molecule has 0 aromatic heterocycles. The molecule has 0 bridgehead atoms. The van der Waals surface area contributed by atoms with Crippen molar-refractivity contribution in [3.05, 3.63) is 167 Å². The van der Waals surface area contributed by atoms with E-state index in [2.05, 4.69) is 16.0 Å². The van der Waals surface area contributed by atoms with Crippen LogP contribution in [-0.4, -0.2) is 89.9 Å². The number of nitrogens with one attached hydrogen (secondary N) is 3. The summed E-state index contributed by atoms with van der Waals surface area (Å²) in [5.41, 5.74) is 5.55. The van der Waals surface area contributed by atoms with Gasteiger partial charge in [-0.2, -0.15) is 0 Å². The highest BCUT2D eigenvalue weighted by molar-refractivity contribution is 5.95. The first kappa shape index (κ1) is 44.6. The number of aliphatic carboxylic acids is 1. The highest BCUT2D eigenvalue weighted by Crippen LogP contribution is 2.47. The number of benzene rings is 5. The van der Waals surface area contributed by atoms with Crippen LogP contribution in [0.3, 0.4) is 0 Å². The van der Waals surface area contributed by atoms with Crippen LogP contribution in [0.1, 0.15) is 47.2 Å². The lowest BCUT2D eigenvalue weighted by Crippen LogP contribution is -2.54. The van der Waals surface area contributed by atoms with Gasteiger partial charge in [-0.1, -0.05) is 140 Å². The van der Waals surface area contributed by atoms with Crippen LogP contribution in [0, 0.1) is 0 Å². The van der Waals surface area contributed by atoms with Crippen molar-refractivity contribution < 1.29 is 43.3 Å². The van der Waals surface area contributed by atoms with E-state index in [1.165, 1.54) is 18.9 Å². The van der Waals surface area contributed by atoms with Gasteiger partial charge in [0.1, 0.15) is 18.7 Å². The number of esters is 1. The Hall–Kier alpha value is -6.96. The van der Waals surface area contributed by atoms with Crippen molar-refractivity contribution in [2.24, 2.45) is 0 Å². The lowest BCUT2D eigenvalue weighted by Gasteiger charge is -2.35. The van der Waals surface area contributed by atoms with E-state index in [0.717, 1.165) is 38.9 Å². The molecule has 1 aliphatic carbocycles. The first-order chi connectivity index (χ1) is 30.0. The van der Waals surface area contributed by atoms with Crippen molar-refractivity contribution in [1.29, 1.82) is 0 Å². The molecule has 0 saturated carbocycles. The standard InChI is InChI=1S/C49H50N4O9/c1-32(48(58)59)52-47(57)41(27-34-18-8-4-9-19-34)51-29-43(54)40(26-33-16-6-3-7-17-33)50-30-44(55)42(28-45(56)62-31-35-20-10-5-11-21-35)53(49(60)61-2)46-38-24-14-12-22-36(38)37-23-13-15-25-39(37)46/h3-25,32,40-42,46,50-51H,26-31H2,1-2H3,(H,52,57)(H,58,59)/t32-,40-,41-,42-/m0/s1. The molecule has 0 heterocycles. The summed E-state index contributed by atoms with van der Waals surface area (Å²) < 4.78 is 11.0. The number of amides is 2. The highest BCUT2D eigenvalue weighted by atomic mass is 16.5. The van der Waals surface area contributed by atoms with Gasteiger partial charge in [0.25, 0.3) is 0 Å². The molecule has 5 aromatic carbocycles. The monoisotopic (exact) mass is 838 g/mol. The predicted octanol–water partition coefficient (Wildman–Crippen LogP) is 5.46. The lowest BCUT2D eigenvalue weighted by molar-refractivity contribution is -0.148. The van der Waals surface area contributed by atoms with Gasteiger partial charge in [-0.05, 0) is 58.7 Å². The molecule has 13 nitrogen and oxygen atoms in total. The summed E-state index contributed by atoms with van der Waals surface area (Å²) in [6.07, 6.45) is -1.02. The Kier molecular flexibility index (Phi) is 15.5. The number of carbonyl (C=O) groups excluding carboxylic acids is 5. The summed E-state index contributed by atoms with van der Waals surface area (Å²) >= 11 is 0. The third-order valence-electron chi connectivity index (χ3n) is 10.8. The Morgan fingerprint density at radius 3 is 1.63 bits per heavy atom. The summed E-state index contributed by atoms with van der Waals surface area (Å²) in [5.74, 6) is -3.49. The number of nitrogens with zero attached hydrogens (tertiary/aromatic N) is 1. The Labute approximate surface area is 360 Å². The van der Waals surface area contributed by atoms with Gasteiger partial charge in [0.05, 0.1) is 44.7 Å². The molecule has 0 unspecified atom stereocenters. The largest absolute Gasteiger partial charge is 0.480 e. The van der Waals surface area contributed by atoms with E-state index in [0.29, 0.717) is 0 Å². The number of Topliss-reactive ketones (excluding diaryl/α,β-unsaturated/α-hetero) is 2. The second kappa shape index (κ2) is 21.5. The van der Waals surface area contributed by atoms with E-state index in [1.54, 1.807) is 12.1 Å². The molecule has 5 aromatic rings. The van der Waals surface area contributed by atoms with E-state index >= 15 is 0 Å². The van der Waals surface area contributed by atoms with E-state index in [1.807, 2.05) is 127 Å². The lowest BCUT2D eigenvalue weighted by atomic mass is 9.97. The molecular weight excluding hydrogens is 789 g/mol. The maximum Gasteiger partial charge on any atom is 0.410 e. The van der Waals surface area contributed by atoms with Gasteiger partial charge in [0.15, 0.2) is 11.6 Å². The van der Waals surface area contributed by atoms with Crippen molar-refractivity contribution in [2.75, 3.05) is 20.2 Å². The minimum Gasteiger partial charge on any atom is -0.480 e. The summed E-state index contributed by atoms with van der Waals surface area (Å²) in [6, 6.07) is 37.1. The zero-order valence-electron chi connectivity index (χ0n) is 34.6. The predicted molar refractivity (Wildman–Crippen MR) is 232 cm³/mol. The Bertz CT molecular complexity index is 2300. The minimum atomic E-state index is -1.40. The molecule has 0 saturated heterocycles. The Morgan fingerprint density at radius 1 is 0.629 bits per heavy atom. The number of carbonyl (C=O) groups is 6. The number of fused-ring (bicyclic) bond motifs is 3. The van der Waals surface area contributed by atoms with Crippen molar-refractivity contribution in [3.63, 3.8) is 0 Å². The average Bonchev–Trinajstić information content (AvgIpc) is 3.62. The van der Waals surface area contributed by atoms with Crippen LogP contribution in [0.2, 0.25) is 0 Å². The fraction of sp³-hybridized carbons (Fsp3) is 0.265. The van der Waals surface area contributed by atoms with Crippen LogP contribution in [0.25, 0.3) is 11.1 Å². The fourth-order valence-corrected chi connectivity index (χ4v) is 7.59. The number of carboxylic acids is 1. The quantitative estimate of drug-likeness (QED) is 0.0690. The number of rotatable bonds is 21. The maximum absolute atomic E-state index is 14.7. The summed E-state index contributed by atoms with van der Waals surface area (Å²) in [5, 5.41) is 18.1. The molecule has 2 amide bonds. The molecule has 4 N–H and O–H groups in total. The SMILES string of the molecule is COC(=O)N(C1c2ccccc2-c2ccccc21)[C@@H](CC(=O)OCc1ccccc1)C(=O)CN[C@@H](Cc1ccccc1)C(=O)CN[C@@H](Cc1ccccc1)C(=O)N[C@@H](C)C(=O)O. The van der Waals surface area contributed by atoms with Crippen LogP contribution in [0.4, 0.5) is 4.79 Å². The molecule has 4 atom stereocenters. The van der Waals surface area contributed by atoms with E-state index in [4.69, 9.17) is 9.47 Å². The number of carboxylic acid groups (broad SMARTS) is 1. The van der Waals surface area contributed by atoms with Crippen molar-refractivity contribution in [3.8, 4) is 11.1 Å². The average molecular weight is 839 g/mol. The van der Waals surface area contributed by atoms with Crippen molar-refractivity contribution in [1.82, 2.24) is 20.9 Å². The number of ether oxygens (including phenoxy) is 2. The van der Waals surface area contributed by atoms with Gasteiger partial charge in [0.2, 0.25) is 5.91 Å². The van der Waals surface area contributed by atoms with Crippen LogP contribution < -0.4 is 16.0 Å². The van der Waals surface area contributed by atoms with Gasteiger partial charge in [-0.25, -0.2) is 4.79 Å². The second-order valence-corrected chi connectivity index (χ2v) is 15.1. The van der Waals surface area contributed by atoms with Crippen LogP contribution >= 0.6 is 0 Å². The molecular formula is C49H50N4O9. The maximum atomic E-state index is 14.7. The molecule has 0 spiro atoms. The zero-order chi connectivity index (χ0) is 44.0. The Morgan fingerprint density at radius 2 is 1.10 bits per heavy atom. The number of hydrogen-bond donors (Lipinski definition) is 4. The second-order valence-electron chi connectivity index (χ2n) is 15.1. The molecule has 13 heteroatoms.